The van der Waals surface area contributed by atoms with Crippen LogP contribution >= 0.6 is 0 Å². The first kappa shape index (κ1) is 22.8. The van der Waals surface area contributed by atoms with Crippen molar-refractivity contribution in [3.05, 3.63) is 64.7 Å². The first-order valence-corrected chi connectivity index (χ1v) is 11.5. The van der Waals surface area contributed by atoms with Crippen LogP contribution < -0.4 is 15.6 Å². The standard InChI is InChI=1S/C25H31N5O3/c1-4-26-25(32)29-16-14-28(15-17-29)18(3)23-27-22-9-7-6-8-21(22)24(31)30(23)19-10-12-20(13-11-19)33-5-2/h6-13,18H,4-5,14-17H2,1-3H3,(H,26,32). The number of carbonyl (C=O) groups is 1. The van der Waals surface area contributed by atoms with Gasteiger partial charge in [-0.15, -0.1) is 0 Å². The Morgan fingerprint density at radius 3 is 2.42 bits per heavy atom. The van der Waals surface area contributed by atoms with E-state index in [1.807, 2.05) is 67.3 Å². The molecule has 2 aromatic carbocycles. The number of benzene rings is 2. The highest BCUT2D eigenvalue weighted by atomic mass is 16.5. The topological polar surface area (TPSA) is 79.7 Å². The van der Waals surface area contributed by atoms with E-state index in [0.29, 0.717) is 56.1 Å². The lowest BCUT2D eigenvalue weighted by Crippen LogP contribution is -2.52. The molecule has 8 nitrogen and oxygen atoms in total. The van der Waals surface area contributed by atoms with Gasteiger partial charge in [0, 0.05) is 32.7 Å². The minimum Gasteiger partial charge on any atom is -0.494 e. The van der Waals surface area contributed by atoms with Gasteiger partial charge in [-0.05, 0) is 57.2 Å². The highest BCUT2D eigenvalue weighted by Crippen LogP contribution is 2.25. The predicted octanol–water partition coefficient (Wildman–Crippen LogP) is 3.19. The summed E-state index contributed by atoms with van der Waals surface area (Å²) in [7, 11) is 0. The molecule has 8 heteroatoms. The van der Waals surface area contributed by atoms with Gasteiger partial charge in [-0.2, -0.15) is 0 Å². The van der Waals surface area contributed by atoms with Crippen LogP contribution in [0.1, 0.15) is 32.6 Å². The molecule has 1 aliphatic rings. The van der Waals surface area contributed by atoms with Crippen LogP contribution in [0.15, 0.2) is 53.3 Å². The van der Waals surface area contributed by atoms with Gasteiger partial charge in [-0.25, -0.2) is 9.78 Å². The third-order valence-electron chi connectivity index (χ3n) is 6.06. The molecule has 2 amide bonds. The monoisotopic (exact) mass is 449 g/mol. The average Bonchev–Trinajstić information content (AvgIpc) is 2.85. The van der Waals surface area contributed by atoms with Gasteiger partial charge in [0.1, 0.15) is 11.6 Å². The first-order chi connectivity index (χ1) is 16.0. The fourth-order valence-electron chi connectivity index (χ4n) is 4.28. The number of hydrogen-bond donors (Lipinski definition) is 1. The van der Waals surface area contributed by atoms with E-state index < -0.39 is 0 Å². The van der Waals surface area contributed by atoms with E-state index >= 15 is 0 Å². The number of urea groups is 1. The van der Waals surface area contributed by atoms with Gasteiger partial charge in [0.05, 0.1) is 29.2 Å². The molecule has 0 bridgehead atoms. The number of ether oxygens (including phenoxy) is 1. The molecule has 1 unspecified atom stereocenters. The number of hydrogen-bond acceptors (Lipinski definition) is 5. The summed E-state index contributed by atoms with van der Waals surface area (Å²) in [5.41, 5.74) is 1.35. The summed E-state index contributed by atoms with van der Waals surface area (Å²) in [5.74, 6) is 1.45. The fraction of sp³-hybridized carbons (Fsp3) is 0.400. The molecule has 1 aliphatic heterocycles. The maximum atomic E-state index is 13.6. The SMILES string of the molecule is CCNC(=O)N1CCN(C(C)c2nc3ccccc3c(=O)n2-c2ccc(OCC)cc2)CC1. The van der Waals surface area contributed by atoms with E-state index in [1.165, 1.54) is 0 Å². The summed E-state index contributed by atoms with van der Waals surface area (Å²) >= 11 is 0. The van der Waals surface area contributed by atoms with E-state index in [1.54, 1.807) is 4.57 Å². The molecule has 1 N–H and O–H groups in total. The molecule has 1 atom stereocenters. The number of fused-ring (bicyclic) bond motifs is 1. The summed E-state index contributed by atoms with van der Waals surface area (Å²) in [5, 5.41) is 3.45. The lowest BCUT2D eigenvalue weighted by atomic mass is 10.1. The number of nitrogens with one attached hydrogen (secondary N) is 1. The van der Waals surface area contributed by atoms with Crippen LogP contribution in [0.4, 0.5) is 4.79 Å². The van der Waals surface area contributed by atoms with Crippen LogP contribution in [0, 0.1) is 0 Å². The van der Waals surface area contributed by atoms with Gasteiger partial charge in [0.15, 0.2) is 0 Å². The molecular weight excluding hydrogens is 418 g/mol. The Kier molecular flexibility index (Phi) is 6.93. The predicted molar refractivity (Wildman–Crippen MR) is 129 cm³/mol. The Bertz CT molecular complexity index is 1170. The van der Waals surface area contributed by atoms with Crippen molar-refractivity contribution in [2.75, 3.05) is 39.3 Å². The Hall–Kier alpha value is -3.39. The minimum absolute atomic E-state index is 0.0278. The van der Waals surface area contributed by atoms with Crippen molar-refractivity contribution in [2.45, 2.75) is 26.8 Å². The number of amides is 2. The van der Waals surface area contributed by atoms with Crippen LogP contribution in [0.3, 0.4) is 0 Å². The maximum Gasteiger partial charge on any atom is 0.317 e. The van der Waals surface area contributed by atoms with E-state index in [2.05, 4.69) is 17.1 Å². The zero-order valence-electron chi connectivity index (χ0n) is 19.5. The zero-order valence-corrected chi connectivity index (χ0v) is 19.5. The summed E-state index contributed by atoms with van der Waals surface area (Å²) in [6, 6.07) is 14.9. The Morgan fingerprint density at radius 2 is 1.76 bits per heavy atom. The van der Waals surface area contributed by atoms with E-state index in [-0.39, 0.29) is 17.6 Å². The van der Waals surface area contributed by atoms with Crippen LogP contribution in [0.5, 0.6) is 5.75 Å². The van der Waals surface area contributed by atoms with Gasteiger partial charge >= 0.3 is 6.03 Å². The highest BCUT2D eigenvalue weighted by molar-refractivity contribution is 5.78. The van der Waals surface area contributed by atoms with Crippen LogP contribution in [-0.2, 0) is 0 Å². The van der Waals surface area contributed by atoms with E-state index in [4.69, 9.17) is 9.72 Å². The van der Waals surface area contributed by atoms with E-state index in [9.17, 15) is 9.59 Å². The third kappa shape index (κ3) is 4.71. The Morgan fingerprint density at radius 1 is 1.06 bits per heavy atom. The number of piperazine rings is 1. The molecule has 4 rings (SSSR count). The first-order valence-electron chi connectivity index (χ1n) is 11.5. The largest absolute Gasteiger partial charge is 0.494 e. The second-order valence-corrected chi connectivity index (χ2v) is 8.09. The van der Waals surface area contributed by atoms with Gasteiger partial charge in [-0.3, -0.25) is 14.3 Å². The van der Waals surface area contributed by atoms with Crippen LogP contribution in [-0.4, -0.2) is 64.7 Å². The quantitative estimate of drug-likeness (QED) is 0.625. The molecule has 0 saturated carbocycles. The molecule has 0 spiro atoms. The van der Waals surface area contributed by atoms with Crippen molar-refractivity contribution >= 4 is 16.9 Å². The lowest BCUT2D eigenvalue weighted by Gasteiger charge is -2.38. The highest BCUT2D eigenvalue weighted by Gasteiger charge is 2.28. The lowest BCUT2D eigenvalue weighted by molar-refractivity contribution is 0.110. The molecule has 3 aromatic rings. The number of rotatable bonds is 6. The van der Waals surface area contributed by atoms with Gasteiger partial charge in [-0.1, -0.05) is 12.1 Å². The summed E-state index contributed by atoms with van der Waals surface area (Å²) < 4.78 is 7.28. The van der Waals surface area contributed by atoms with Crippen molar-refractivity contribution in [1.82, 2.24) is 24.7 Å². The van der Waals surface area contributed by atoms with Crippen molar-refractivity contribution < 1.29 is 9.53 Å². The summed E-state index contributed by atoms with van der Waals surface area (Å²) in [4.78, 5) is 34.8. The average molecular weight is 450 g/mol. The zero-order chi connectivity index (χ0) is 23.4. The number of carbonyl (C=O) groups excluding carboxylic acids is 1. The number of aromatic nitrogens is 2. The van der Waals surface area contributed by atoms with Gasteiger partial charge < -0.3 is 15.0 Å². The summed E-state index contributed by atoms with van der Waals surface area (Å²) in [6.45, 7) is 9.83. The second kappa shape index (κ2) is 10.0. The third-order valence-corrected chi connectivity index (χ3v) is 6.06. The second-order valence-electron chi connectivity index (χ2n) is 8.09. The van der Waals surface area contributed by atoms with Gasteiger partial charge in [0.2, 0.25) is 0 Å². The van der Waals surface area contributed by atoms with Crippen LogP contribution in [0.2, 0.25) is 0 Å². The molecular formula is C25H31N5O3. The van der Waals surface area contributed by atoms with Gasteiger partial charge in [0.25, 0.3) is 5.56 Å². The molecule has 0 radical (unpaired) electrons. The minimum atomic E-state index is -0.106. The molecule has 174 valence electrons. The Balaban J connectivity index is 1.70. The molecule has 33 heavy (non-hydrogen) atoms. The van der Waals surface area contributed by atoms with Crippen LogP contribution in [0.25, 0.3) is 16.6 Å². The molecule has 1 saturated heterocycles. The normalized spacial score (nSPS) is 15.4. The fourth-order valence-corrected chi connectivity index (χ4v) is 4.28. The Labute approximate surface area is 193 Å². The van der Waals surface area contributed by atoms with Crippen molar-refractivity contribution in [1.29, 1.82) is 0 Å². The molecule has 2 heterocycles. The molecule has 0 aliphatic carbocycles. The summed E-state index contributed by atoms with van der Waals surface area (Å²) in [6.07, 6.45) is 0. The number of nitrogens with zero attached hydrogens (tertiary/aromatic N) is 4. The van der Waals surface area contributed by atoms with Crippen molar-refractivity contribution in [3.63, 3.8) is 0 Å². The maximum absolute atomic E-state index is 13.6. The smallest absolute Gasteiger partial charge is 0.317 e. The number of para-hydroxylation sites is 1. The molecule has 1 fully saturated rings. The van der Waals surface area contributed by atoms with E-state index in [0.717, 1.165) is 11.4 Å². The van der Waals surface area contributed by atoms with Crippen molar-refractivity contribution in [2.24, 2.45) is 0 Å². The molecule has 1 aromatic heterocycles. The van der Waals surface area contributed by atoms with Crippen molar-refractivity contribution in [3.8, 4) is 11.4 Å².